The Kier molecular flexibility index (Phi) is 5.55. The maximum Gasteiger partial charge on any atom is 0.332 e. The van der Waals surface area contributed by atoms with Gasteiger partial charge in [-0.15, -0.1) is 0 Å². The monoisotopic (exact) mass is 250 g/mol. The molecular weight excluding hydrogens is 232 g/mol. The third-order valence-electron chi connectivity index (χ3n) is 2.24. The van der Waals surface area contributed by atoms with Crippen molar-refractivity contribution in [3.8, 4) is 11.1 Å². The number of benzene rings is 1. The van der Waals surface area contributed by atoms with Crippen LogP contribution in [0.15, 0.2) is 36.9 Å². The third-order valence-corrected chi connectivity index (χ3v) is 2.24. The summed E-state index contributed by atoms with van der Waals surface area (Å²) in [5.74, 6) is -0.602. The molecule has 4 nitrogen and oxygen atoms in total. The molecule has 0 fully saturated rings. The molecule has 4 heteroatoms. The first-order valence-electron chi connectivity index (χ1n) is 5.81. The number of carbonyl (C=O) groups is 1. The van der Waals surface area contributed by atoms with Crippen molar-refractivity contribution in [2.45, 2.75) is 26.2 Å². The van der Waals surface area contributed by atoms with Crippen molar-refractivity contribution in [1.29, 1.82) is 0 Å². The molecule has 0 amide bonds. The Balaban J connectivity index is 0.000000217. The van der Waals surface area contributed by atoms with Crippen LogP contribution >= 0.6 is 0 Å². The molecule has 0 aromatic rings. The van der Waals surface area contributed by atoms with Gasteiger partial charge in [-0.25, -0.2) is 4.79 Å². The van der Waals surface area contributed by atoms with E-state index in [9.17, 15) is 4.79 Å². The van der Waals surface area contributed by atoms with Crippen LogP contribution < -0.4 is 0 Å². The fourth-order valence-electron chi connectivity index (χ4n) is 1.27. The summed E-state index contributed by atoms with van der Waals surface area (Å²) in [5, 5.41) is 9.05. The lowest BCUT2D eigenvalue weighted by atomic mass is 10.4. The van der Waals surface area contributed by atoms with Crippen molar-refractivity contribution in [2.75, 3.05) is 6.61 Å². The van der Waals surface area contributed by atoms with Crippen LogP contribution in [0.4, 0.5) is 0 Å². The molecule has 98 valence electrons. The minimum absolute atomic E-state index is 0.375. The number of hydrogen-bond donors (Lipinski definition) is 1. The minimum Gasteiger partial charge on any atom is -0.430 e. The van der Waals surface area contributed by atoms with Crippen LogP contribution in [0.2, 0.25) is 0 Å². The van der Waals surface area contributed by atoms with Gasteiger partial charge in [0, 0.05) is 12.7 Å². The first-order chi connectivity index (χ1) is 8.58. The molecule has 1 N–H and O–H groups in total. The molecule has 2 atom stereocenters. The Morgan fingerprint density at radius 3 is 2.39 bits per heavy atom. The van der Waals surface area contributed by atoms with Crippen molar-refractivity contribution in [3.63, 3.8) is 0 Å². The van der Waals surface area contributed by atoms with E-state index in [1.807, 2.05) is 0 Å². The Bertz CT molecular complexity index is 395. The Labute approximate surface area is 107 Å². The van der Waals surface area contributed by atoms with E-state index in [0.717, 1.165) is 6.08 Å². The summed E-state index contributed by atoms with van der Waals surface area (Å²) >= 11 is 0. The van der Waals surface area contributed by atoms with Crippen molar-refractivity contribution in [2.24, 2.45) is 0 Å². The Hall–Kier alpha value is -1.65. The number of esters is 1. The first kappa shape index (κ1) is 14.4. The van der Waals surface area contributed by atoms with E-state index in [-0.39, 0.29) is 0 Å². The van der Waals surface area contributed by atoms with Gasteiger partial charge in [-0.2, -0.15) is 0 Å². The van der Waals surface area contributed by atoms with Gasteiger partial charge in [-0.1, -0.05) is 24.8 Å². The van der Waals surface area contributed by atoms with Crippen molar-refractivity contribution in [3.05, 3.63) is 36.9 Å². The van der Waals surface area contributed by atoms with Crippen molar-refractivity contribution < 1.29 is 19.4 Å². The number of rotatable bonds is 5. The number of hydrogen-bond acceptors (Lipinski definition) is 4. The topological polar surface area (TPSA) is 55.8 Å². The normalized spacial score (nSPS) is 13.7. The van der Waals surface area contributed by atoms with Gasteiger partial charge in [0.25, 0.3) is 0 Å². The number of aliphatic hydroxyl groups is 1. The lowest BCUT2D eigenvalue weighted by molar-refractivity contribution is -0.194. The summed E-state index contributed by atoms with van der Waals surface area (Å²) in [6, 6.07) is 8.48. The number of fused-ring (bicyclic) bond motifs is 1. The van der Waals surface area contributed by atoms with Crippen molar-refractivity contribution >= 4 is 5.97 Å². The lowest BCUT2D eigenvalue weighted by Crippen LogP contribution is -2.31. The van der Waals surface area contributed by atoms with Gasteiger partial charge < -0.3 is 14.6 Å². The lowest BCUT2D eigenvalue weighted by Gasteiger charge is -2.18. The first-order valence-corrected chi connectivity index (χ1v) is 5.81. The van der Waals surface area contributed by atoms with Crippen LogP contribution in [-0.4, -0.2) is 30.1 Å². The highest BCUT2D eigenvalue weighted by Gasteiger charge is 2.17. The molecule has 0 aromatic carbocycles. The van der Waals surface area contributed by atoms with E-state index in [2.05, 4.69) is 35.6 Å². The van der Waals surface area contributed by atoms with Gasteiger partial charge in [0.1, 0.15) is 6.10 Å². The summed E-state index contributed by atoms with van der Waals surface area (Å²) < 4.78 is 9.61. The summed E-state index contributed by atoms with van der Waals surface area (Å²) in [4.78, 5) is 10.7. The molecule has 0 bridgehead atoms. The number of aliphatic hydroxyl groups excluding tert-OH is 1. The molecule has 0 saturated heterocycles. The molecule has 2 aliphatic carbocycles. The van der Waals surface area contributed by atoms with Crippen molar-refractivity contribution in [1.82, 2.24) is 0 Å². The molecule has 2 unspecified atom stereocenters. The van der Waals surface area contributed by atoms with E-state index < -0.39 is 18.4 Å². The van der Waals surface area contributed by atoms with E-state index in [4.69, 9.17) is 9.84 Å². The standard InChI is InChI=1S/C8H14O4.C6H4/c1-4-7(10)12-8(6(3)9)11-5-2;1-2-5-4-6(5)3-1/h4,6,8-9H,1,5H2,2-3H3;1-4H. The second-order valence-electron chi connectivity index (χ2n) is 3.79. The molecule has 0 radical (unpaired) electrons. The van der Waals surface area contributed by atoms with Gasteiger partial charge in [-0.3, -0.25) is 0 Å². The zero-order valence-electron chi connectivity index (χ0n) is 10.6. The molecule has 0 saturated carbocycles. The van der Waals surface area contributed by atoms with Gasteiger partial charge in [-0.05, 0) is 31.0 Å². The van der Waals surface area contributed by atoms with Gasteiger partial charge in [0.2, 0.25) is 6.29 Å². The average molecular weight is 250 g/mol. The summed E-state index contributed by atoms with van der Waals surface area (Å²) in [6.07, 6.45) is -0.719. The van der Waals surface area contributed by atoms with E-state index in [0.29, 0.717) is 6.61 Å². The molecule has 18 heavy (non-hydrogen) atoms. The molecule has 0 aliphatic heterocycles. The zero-order valence-corrected chi connectivity index (χ0v) is 10.6. The largest absolute Gasteiger partial charge is 0.430 e. The predicted molar refractivity (Wildman–Crippen MR) is 68.8 cm³/mol. The minimum atomic E-state index is -0.902. The van der Waals surface area contributed by atoms with E-state index in [1.165, 1.54) is 18.1 Å². The van der Waals surface area contributed by atoms with E-state index in [1.54, 1.807) is 6.92 Å². The molecular formula is C14H18O4. The second kappa shape index (κ2) is 6.93. The SMILES string of the molecule is C=CC(=O)OC(OCC)C(C)O.c1cc2cc-2c1. The molecule has 0 aromatic heterocycles. The Morgan fingerprint density at radius 1 is 1.50 bits per heavy atom. The number of carbonyl (C=O) groups excluding carboxylic acids is 1. The second-order valence-corrected chi connectivity index (χ2v) is 3.79. The number of ether oxygens (including phenoxy) is 2. The quantitative estimate of drug-likeness (QED) is 0.502. The summed E-state index contributed by atoms with van der Waals surface area (Å²) in [7, 11) is 0. The molecule has 0 heterocycles. The van der Waals surface area contributed by atoms with Crippen LogP contribution in [0.5, 0.6) is 0 Å². The predicted octanol–water partition coefficient (Wildman–Crippen LogP) is 2.13. The fraction of sp³-hybridized carbons (Fsp3) is 0.357. The fourth-order valence-corrected chi connectivity index (χ4v) is 1.27. The van der Waals surface area contributed by atoms with Crippen LogP contribution in [-0.2, 0) is 14.3 Å². The highest BCUT2D eigenvalue weighted by atomic mass is 16.7. The van der Waals surface area contributed by atoms with Crippen LogP contribution in [0.25, 0.3) is 11.1 Å². The highest BCUT2D eigenvalue weighted by Crippen LogP contribution is 2.32. The van der Waals surface area contributed by atoms with Crippen LogP contribution in [0.1, 0.15) is 13.8 Å². The Morgan fingerprint density at radius 2 is 2.11 bits per heavy atom. The highest BCUT2D eigenvalue weighted by molar-refractivity contribution is 5.81. The van der Waals surface area contributed by atoms with Crippen LogP contribution in [0.3, 0.4) is 0 Å². The van der Waals surface area contributed by atoms with Crippen LogP contribution in [0, 0.1) is 0 Å². The molecule has 2 aliphatic rings. The summed E-state index contributed by atoms with van der Waals surface area (Å²) in [5.41, 5.74) is 2.85. The molecule has 2 rings (SSSR count). The average Bonchev–Trinajstić information content (AvgIpc) is 2.96. The smallest absolute Gasteiger partial charge is 0.332 e. The van der Waals surface area contributed by atoms with Gasteiger partial charge >= 0.3 is 5.97 Å². The maximum atomic E-state index is 10.7. The third kappa shape index (κ3) is 4.69. The zero-order chi connectivity index (χ0) is 13.5. The molecule has 0 spiro atoms. The van der Waals surface area contributed by atoms with Gasteiger partial charge in [0.05, 0.1) is 0 Å². The summed E-state index contributed by atoms with van der Waals surface area (Å²) in [6.45, 7) is 6.83. The maximum absolute atomic E-state index is 10.7. The van der Waals surface area contributed by atoms with Gasteiger partial charge in [0.15, 0.2) is 0 Å². The van der Waals surface area contributed by atoms with E-state index >= 15 is 0 Å².